The van der Waals surface area contributed by atoms with E-state index >= 15 is 0 Å². The Morgan fingerprint density at radius 1 is 1.17 bits per heavy atom. The van der Waals surface area contributed by atoms with E-state index in [1.54, 1.807) is 0 Å². The summed E-state index contributed by atoms with van der Waals surface area (Å²) in [6, 6.07) is 9.71. The van der Waals surface area contributed by atoms with E-state index in [2.05, 4.69) is 20.6 Å². The molecule has 2 aromatic rings. The summed E-state index contributed by atoms with van der Waals surface area (Å²) in [5.41, 5.74) is 2.74. The Bertz CT molecular complexity index is 693. The van der Waals surface area contributed by atoms with E-state index < -0.39 is 0 Å². The molecular formula is C18H22N4OS. The van der Waals surface area contributed by atoms with Gasteiger partial charge in [-0.05, 0) is 81.2 Å². The number of carbonyl (C=O) groups is 1. The van der Waals surface area contributed by atoms with Crippen LogP contribution in [0.2, 0.25) is 0 Å². The van der Waals surface area contributed by atoms with Crippen LogP contribution in [0.5, 0.6) is 0 Å². The molecule has 1 aliphatic carbocycles. The molecule has 1 aromatic heterocycles. The quantitative estimate of drug-likeness (QED) is 0.757. The largest absolute Gasteiger partial charge is 0.325 e. The maximum Gasteiger partial charge on any atom is 0.238 e. The number of aromatic nitrogens is 2. The summed E-state index contributed by atoms with van der Waals surface area (Å²) >= 11 is 1.52. The summed E-state index contributed by atoms with van der Waals surface area (Å²) in [6.45, 7) is 5.24. The second-order valence-corrected chi connectivity index (χ2v) is 7.22. The zero-order chi connectivity index (χ0) is 16.9. The van der Waals surface area contributed by atoms with Crippen LogP contribution in [0.3, 0.4) is 0 Å². The highest BCUT2D eigenvalue weighted by Crippen LogP contribution is 2.27. The summed E-state index contributed by atoms with van der Waals surface area (Å²) in [7, 11) is 0. The van der Waals surface area contributed by atoms with Crippen molar-refractivity contribution in [3.05, 3.63) is 41.7 Å². The first-order valence-electron chi connectivity index (χ1n) is 8.19. The molecule has 1 fully saturated rings. The van der Waals surface area contributed by atoms with Crippen molar-refractivity contribution in [2.45, 2.75) is 36.7 Å². The van der Waals surface area contributed by atoms with Crippen LogP contribution < -0.4 is 10.6 Å². The minimum Gasteiger partial charge on any atom is -0.325 e. The predicted octanol–water partition coefficient (Wildman–Crippen LogP) is 3.18. The molecular weight excluding hydrogens is 320 g/mol. The number of nitrogens with zero attached hydrogens (tertiary/aromatic N) is 2. The van der Waals surface area contributed by atoms with Gasteiger partial charge < -0.3 is 10.6 Å². The van der Waals surface area contributed by atoms with Gasteiger partial charge >= 0.3 is 0 Å². The summed E-state index contributed by atoms with van der Waals surface area (Å²) < 4.78 is 0. The summed E-state index contributed by atoms with van der Waals surface area (Å²) in [5.74, 6) is 0.773. The number of anilines is 1. The Morgan fingerprint density at radius 2 is 1.83 bits per heavy atom. The van der Waals surface area contributed by atoms with Gasteiger partial charge in [0.1, 0.15) is 0 Å². The summed E-state index contributed by atoms with van der Waals surface area (Å²) in [6.07, 6.45) is 2.58. The van der Waals surface area contributed by atoms with Crippen molar-refractivity contribution in [3.63, 3.8) is 0 Å². The topological polar surface area (TPSA) is 66.9 Å². The van der Waals surface area contributed by atoms with Crippen LogP contribution in [-0.4, -0.2) is 29.0 Å². The molecule has 2 N–H and O–H groups in total. The molecule has 1 heterocycles. The maximum atomic E-state index is 11.9. The first-order chi connectivity index (χ1) is 11.6. The Balaban J connectivity index is 1.51. The highest BCUT2D eigenvalue weighted by Gasteiger charge is 2.20. The minimum atomic E-state index is -0.00584. The van der Waals surface area contributed by atoms with E-state index in [0.29, 0.717) is 6.54 Å². The van der Waals surface area contributed by atoms with Gasteiger partial charge in [-0.25, -0.2) is 9.97 Å². The predicted molar refractivity (Wildman–Crippen MR) is 96.3 cm³/mol. The first-order valence-corrected chi connectivity index (χ1v) is 9.01. The van der Waals surface area contributed by atoms with Crippen LogP contribution in [0.1, 0.15) is 24.2 Å². The van der Waals surface area contributed by atoms with Crippen LogP contribution in [0, 0.1) is 19.8 Å². The molecule has 5 nitrogen and oxygen atoms in total. The number of benzene rings is 1. The SMILES string of the molecule is Cc1cc(C)nc(Sc2ccc(NC(=O)CNCC3CC3)cc2)n1. The van der Waals surface area contributed by atoms with E-state index in [1.165, 1.54) is 24.6 Å². The Morgan fingerprint density at radius 3 is 2.46 bits per heavy atom. The number of nitrogens with one attached hydrogen (secondary N) is 2. The second-order valence-electron chi connectivity index (χ2n) is 6.18. The van der Waals surface area contributed by atoms with Crippen molar-refractivity contribution >= 4 is 23.4 Å². The molecule has 1 amide bonds. The lowest BCUT2D eigenvalue weighted by atomic mass is 10.3. The van der Waals surface area contributed by atoms with Crippen LogP contribution in [-0.2, 0) is 4.79 Å². The molecule has 0 radical (unpaired) electrons. The zero-order valence-corrected chi connectivity index (χ0v) is 14.8. The third-order valence-electron chi connectivity index (χ3n) is 3.72. The van der Waals surface area contributed by atoms with Gasteiger partial charge in [0, 0.05) is 22.0 Å². The molecule has 0 spiro atoms. The number of carbonyl (C=O) groups excluding carboxylic acids is 1. The Labute approximate surface area is 146 Å². The van der Waals surface area contributed by atoms with Gasteiger partial charge in [0.2, 0.25) is 5.91 Å². The van der Waals surface area contributed by atoms with E-state index in [0.717, 1.165) is 39.6 Å². The molecule has 0 unspecified atom stereocenters. The van der Waals surface area contributed by atoms with Gasteiger partial charge in [0.25, 0.3) is 0 Å². The van der Waals surface area contributed by atoms with E-state index in [4.69, 9.17) is 0 Å². The van der Waals surface area contributed by atoms with E-state index in [-0.39, 0.29) is 5.91 Å². The third kappa shape index (κ3) is 5.32. The molecule has 24 heavy (non-hydrogen) atoms. The molecule has 0 bridgehead atoms. The van der Waals surface area contributed by atoms with Gasteiger partial charge in [0.15, 0.2) is 5.16 Å². The Hall–Kier alpha value is -1.92. The van der Waals surface area contributed by atoms with Gasteiger partial charge in [-0.1, -0.05) is 0 Å². The van der Waals surface area contributed by atoms with Gasteiger partial charge in [-0.15, -0.1) is 0 Å². The summed E-state index contributed by atoms with van der Waals surface area (Å²) in [5, 5.41) is 6.84. The fourth-order valence-corrected chi connectivity index (χ4v) is 3.23. The van der Waals surface area contributed by atoms with E-state index in [9.17, 15) is 4.79 Å². The minimum absolute atomic E-state index is 0.00584. The molecule has 6 heteroatoms. The number of amides is 1. The smallest absolute Gasteiger partial charge is 0.238 e. The first kappa shape index (κ1) is 16.9. The molecule has 1 aliphatic rings. The fraction of sp³-hybridized carbons (Fsp3) is 0.389. The zero-order valence-electron chi connectivity index (χ0n) is 14.0. The molecule has 0 aliphatic heterocycles. The molecule has 1 aromatic carbocycles. The van der Waals surface area contributed by atoms with E-state index in [1.807, 2.05) is 44.2 Å². The number of aryl methyl sites for hydroxylation is 2. The van der Waals surface area contributed by atoms with Gasteiger partial charge in [-0.3, -0.25) is 4.79 Å². The molecule has 1 saturated carbocycles. The van der Waals surface area contributed by atoms with Crippen molar-refractivity contribution in [2.24, 2.45) is 5.92 Å². The van der Waals surface area contributed by atoms with Crippen molar-refractivity contribution in [1.82, 2.24) is 15.3 Å². The monoisotopic (exact) mass is 342 g/mol. The molecule has 0 atom stereocenters. The van der Waals surface area contributed by atoms with Crippen molar-refractivity contribution in [2.75, 3.05) is 18.4 Å². The number of hydrogen-bond acceptors (Lipinski definition) is 5. The van der Waals surface area contributed by atoms with Crippen LogP contribution in [0.4, 0.5) is 5.69 Å². The van der Waals surface area contributed by atoms with Crippen molar-refractivity contribution in [1.29, 1.82) is 0 Å². The average molecular weight is 342 g/mol. The lowest BCUT2D eigenvalue weighted by Gasteiger charge is -2.07. The lowest BCUT2D eigenvalue weighted by Crippen LogP contribution is -2.29. The second kappa shape index (κ2) is 7.77. The van der Waals surface area contributed by atoms with Gasteiger partial charge in [-0.2, -0.15) is 0 Å². The highest BCUT2D eigenvalue weighted by atomic mass is 32.2. The van der Waals surface area contributed by atoms with Crippen LogP contribution in [0.15, 0.2) is 40.4 Å². The fourth-order valence-electron chi connectivity index (χ4n) is 2.37. The molecule has 3 rings (SSSR count). The molecule has 126 valence electrons. The third-order valence-corrected chi connectivity index (χ3v) is 4.60. The van der Waals surface area contributed by atoms with Crippen LogP contribution >= 0.6 is 11.8 Å². The molecule has 0 saturated heterocycles. The lowest BCUT2D eigenvalue weighted by molar-refractivity contribution is -0.115. The van der Waals surface area contributed by atoms with Crippen molar-refractivity contribution < 1.29 is 4.79 Å². The van der Waals surface area contributed by atoms with Crippen LogP contribution in [0.25, 0.3) is 0 Å². The average Bonchev–Trinajstić information content (AvgIpc) is 3.32. The number of rotatable bonds is 7. The normalized spacial score (nSPS) is 13.8. The highest BCUT2D eigenvalue weighted by molar-refractivity contribution is 7.99. The van der Waals surface area contributed by atoms with Crippen molar-refractivity contribution in [3.8, 4) is 0 Å². The maximum absolute atomic E-state index is 11.9. The Kier molecular flexibility index (Phi) is 5.48. The number of hydrogen-bond donors (Lipinski definition) is 2. The summed E-state index contributed by atoms with van der Waals surface area (Å²) in [4.78, 5) is 21.8. The van der Waals surface area contributed by atoms with Gasteiger partial charge in [0.05, 0.1) is 6.54 Å². The standard InChI is InChI=1S/C18H22N4OS/c1-12-9-13(2)21-18(20-12)24-16-7-5-15(6-8-16)22-17(23)11-19-10-14-3-4-14/h5-9,14,19H,3-4,10-11H2,1-2H3,(H,22,23).